The first kappa shape index (κ1) is 20.0. The molecule has 1 heterocycles. The minimum atomic E-state index is -1.46. The van der Waals surface area contributed by atoms with Crippen molar-refractivity contribution in [2.75, 3.05) is 7.11 Å². The Bertz CT molecular complexity index is 760. The normalized spacial score (nSPS) is 9.79. The van der Waals surface area contributed by atoms with E-state index in [9.17, 15) is 0 Å². The van der Waals surface area contributed by atoms with Crippen LogP contribution in [0.4, 0.5) is 0 Å². The number of aromatic nitrogens is 2. The van der Waals surface area contributed by atoms with Gasteiger partial charge in [0.1, 0.15) is 25.9 Å². The Kier molecular flexibility index (Phi) is 7.76. The standard InChI is InChI=1S/C16H17IN2O2Si.C2H2/c1-20-15-8-14(17)16(21-13-9-18-11-19-10-13)7-12(15)5-6-22(2,3)4;1-2/h7-11H,1-4H3;1-2H. The molecule has 2 aromatic rings. The number of nitrogens with zero attached hydrogens (tertiary/aromatic N) is 2. The van der Waals surface area contributed by atoms with E-state index in [1.165, 1.54) is 6.33 Å². The highest BCUT2D eigenvalue weighted by atomic mass is 127. The predicted molar refractivity (Wildman–Crippen MR) is 108 cm³/mol. The van der Waals surface area contributed by atoms with E-state index in [1.54, 1.807) is 19.5 Å². The monoisotopic (exact) mass is 450 g/mol. The molecule has 0 saturated carbocycles. The van der Waals surface area contributed by atoms with Crippen LogP contribution in [0.25, 0.3) is 0 Å². The molecule has 0 aliphatic heterocycles. The first-order chi connectivity index (χ1) is 11.4. The summed E-state index contributed by atoms with van der Waals surface area (Å²) in [5.74, 6) is 5.30. The lowest BCUT2D eigenvalue weighted by atomic mass is 10.2. The largest absolute Gasteiger partial charge is 0.495 e. The van der Waals surface area contributed by atoms with Crippen molar-refractivity contribution in [3.05, 3.63) is 40.0 Å². The van der Waals surface area contributed by atoms with E-state index in [4.69, 9.17) is 9.47 Å². The van der Waals surface area contributed by atoms with Gasteiger partial charge in [-0.3, -0.25) is 0 Å². The molecule has 0 N–H and O–H groups in total. The van der Waals surface area contributed by atoms with Crippen LogP contribution < -0.4 is 9.47 Å². The maximum atomic E-state index is 5.84. The van der Waals surface area contributed by atoms with Gasteiger partial charge >= 0.3 is 0 Å². The van der Waals surface area contributed by atoms with Crippen LogP contribution in [-0.2, 0) is 0 Å². The smallest absolute Gasteiger partial charge is 0.164 e. The van der Waals surface area contributed by atoms with Crippen molar-refractivity contribution in [1.82, 2.24) is 9.97 Å². The van der Waals surface area contributed by atoms with Gasteiger partial charge in [-0.15, -0.1) is 18.4 Å². The van der Waals surface area contributed by atoms with Crippen LogP contribution in [-0.4, -0.2) is 25.2 Å². The number of benzene rings is 1. The second-order valence-electron chi connectivity index (χ2n) is 5.66. The van der Waals surface area contributed by atoms with Crippen molar-refractivity contribution in [1.29, 1.82) is 0 Å². The van der Waals surface area contributed by atoms with Gasteiger partial charge in [0.25, 0.3) is 0 Å². The van der Waals surface area contributed by atoms with Crippen LogP contribution in [0.2, 0.25) is 19.6 Å². The molecule has 4 nitrogen and oxygen atoms in total. The summed E-state index contributed by atoms with van der Waals surface area (Å²) in [6.45, 7) is 6.62. The zero-order valence-electron chi connectivity index (χ0n) is 14.1. The van der Waals surface area contributed by atoms with Crippen LogP contribution >= 0.6 is 22.6 Å². The van der Waals surface area contributed by atoms with Gasteiger partial charge in [-0.1, -0.05) is 25.6 Å². The third kappa shape index (κ3) is 6.23. The van der Waals surface area contributed by atoms with E-state index in [2.05, 4.69) is 76.5 Å². The molecule has 6 heteroatoms. The van der Waals surface area contributed by atoms with Gasteiger partial charge in [-0.05, 0) is 28.7 Å². The molecule has 0 unspecified atom stereocenters. The summed E-state index contributed by atoms with van der Waals surface area (Å²) in [5.41, 5.74) is 4.18. The summed E-state index contributed by atoms with van der Waals surface area (Å²) in [4.78, 5) is 7.90. The molecule has 0 amide bonds. The summed E-state index contributed by atoms with van der Waals surface area (Å²) in [7, 11) is 0.189. The van der Waals surface area contributed by atoms with Crippen molar-refractivity contribution >= 4 is 30.7 Å². The van der Waals surface area contributed by atoms with Crippen LogP contribution in [0.5, 0.6) is 17.2 Å². The molecule has 0 aliphatic rings. The van der Waals surface area contributed by atoms with Gasteiger partial charge in [0.15, 0.2) is 5.75 Å². The van der Waals surface area contributed by atoms with Crippen LogP contribution in [0.1, 0.15) is 5.56 Å². The Morgan fingerprint density at radius 2 is 1.71 bits per heavy atom. The average Bonchev–Trinajstić information content (AvgIpc) is 2.57. The molecular weight excluding hydrogens is 431 g/mol. The Hall–Kier alpha value is -2.03. The van der Waals surface area contributed by atoms with E-state index in [-0.39, 0.29) is 0 Å². The van der Waals surface area contributed by atoms with E-state index < -0.39 is 8.07 Å². The lowest BCUT2D eigenvalue weighted by Crippen LogP contribution is -2.16. The highest BCUT2D eigenvalue weighted by Gasteiger charge is 2.12. The molecule has 24 heavy (non-hydrogen) atoms. The number of hydrogen-bond donors (Lipinski definition) is 0. The molecular formula is C18H19IN2O2Si. The SMILES string of the molecule is C#C.COc1cc(I)c(Oc2cncnc2)cc1C#C[Si](C)(C)C. The molecule has 0 fully saturated rings. The maximum Gasteiger partial charge on any atom is 0.164 e. The Labute approximate surface area is 158 Å². The van der Waals surface area contributed by atoms with Crippen molar-refractivity contribution in [2.45, 2.75) is 19.6 Å². The second-order valence-corrected chi connectivity index (χ2v) is 11.6. The first-order valence-electron chi connectivity index (χ1n) is 7.06. The summed E-state index contributed by atoms with van der Waals surface area (Å²) >= 11 is 2.21. The van der Waals surface area contributed by atoms with Crippen molar-refractivity contribution < 1.29 is 9.47 Å². The van der Waals surface area contributed by atoms with Crippen LogP contribution in [0, 0.1) is 27.9 Å². The van der Waals surface area contributed by atoms with E-state index in [0.717, 1.165) is 20.6 Å². The summed E-state index contributed by atoms with van der Waals surface area (Å²) in [6, 6.07) is 3.83. The molecule has 0 atom stereocenters. The van der Waals surface area contributed by atoms with Gasteiger partial charge in [0.05, 0.1) is 28.6 Å². The van der Waals surface area contributed by atoms with Crippen molar-refractivity contribution in [3.63, 3.8) is 0 Å². The fourth-order valence-corrected chi connectivity index (χ4v) is 2.66. The van der Waals surface area contributed by atoms with Crippen LogP contribution in [0.15, 0.2) is 30.9 Å². The highest BCUT2D eigenvalue weighted by Crippen LogP contribution is 2.32. The van der Waals surface area contributed by atoms with Gasteiger partial charge < -0.3 is 9.47 Å². The minimum absolute atomic E-state index is 0.592. The number of rotatable bonds is 3. The second kappa shape index (κ2) is 9.31. The predicted octanol–water partition coefficient (Wildman–Crippen LogP) is 4.36. The zero-order valence-corrected chi connectivity index (χ0v) is 17.3. The quantitative estimate of drug-likeness (QED) is 0.396. The number of terminal acetylenes is 1. The molecule has 1 aromatic heterocycles. The Morgan fingerprint density at radius 3 is 2.25 bits per heavy atom. The number of methoxy groups -OCH3 is 1. The fraction of sp³-hybridized carbons (Fsp3) is 0.222. The molecule has 1 aromatic carbocycles. The zero-order chi connectivity index (χ0) is 18.2. The highest BCUT2D eigenvalue weighted by molar-refractivity contribution is 14.1. The lowest BCUT2D eigenvalue weighted by Gasteiger charge is -2.11. The summed E-state index contributed by atoms with van der Waals surface area (Å²) in [6.07, 6.45) is 12.7. The van der Waals surface area contributed by atoms with Gasteiger partial charge in [-0.25, -0.2) is 9.97 Å². The van der Waals surface area contributed by atoms with Gasteiger partial charge in [0.2, 0.25) is 0 Å². The topological polar surface area (TPSA) is 44.2 Å². The third-order valence-corrected chi connectivity index (χ3v) is 4.31. The Balaban J connectivity index is 0.00000139. The summed E-state index contributed by atoms with van der Waals surface area (Å²) < 4.78 is 12.2. The molecule has 0 radical (unpaired) electrons. The molecule has 124 valence electrons. The average molecular weight is 450 g/mol. The number of ether oxygens (including phenoxy) is 2. The van der Waals surface area contributed by atoms with E-state index in [0.29, 0.717) is 5.75 Å². The van der Waals surface area contributed by atoms with E-state index >= 15 is 0 Å². The van der Waals surface area contributed by atoms with Gasteiger partial charge in [0, 0.05) is 6.07 Å². The molecule has 0 aliphatic carbocycles. The number of hydrogen-bond acceptors (Lipinski definition) is 4. The maximum absolute atomic E-state index is 5.84. The summed E-state index contributed by atoms with van der Waals surface area (Å²) in [5, 5.41) is 0. The Morgan fingerprint density at radius 1 is 1.08 bits per heavy atom. The molecule has 0 bridgehead atoms. The van der Waals surface area contributed by atoms with Gasteiger partial charge in [-0.2, -0.15) is 0 Å². The molecule has 0 saturated heterocycles. The first-order valence-corrected chi connectivity index (χ1v) is 11.6. The molecule has 2 rings (SSSR count). The van der Waals surface area contributed by atoms with E-state index in [1.807, 2.05) is 12.1 Å². The molecule has 0 spiro atoms. The van der Waals surface area contributed by atoms with Crippen LogP contribution in [0.3, 0.4) is 0 Å². The number of halogens is 1. The fourth-order valence-electron chi connectivity index (χ4n) is 1.60. The lowest BCUT2D eigenvalue weighted by molar-refractivity contribution is 0.410. The van der Waals surface area contributed by atoms with Crippen molar-refractivity contribution in [3.8, 4) is 41.6 Å². The van der Waals surface area contributed by atoms with Crippen molar-refractivity contribution in [2.24, 2.45) is 0 Å². The third-order valence-electron chi connectivity index (χ3n) is 2.59. The minimum Gasteiger partial charge on any atom is -0.495 e.